The molecule has 0 radical (unpaired) electrons. The Bertz CT molecular complexity index is 287. The Balaban J connectivity index is 1.91. The van der Waals surface area contributed by atoms with Crippen LogP contribution in [0.5, 0.6) is 0 Å². The smallest absolute Gasteiger partial charge is 0.122 e. The first kappa shape index (κ1) is 9.71. The Kier molecular flexibility index (Phi) is 2.35. The summed E-state index contributed by atoms with van der Waals surface area (Å²) in [5.74, 6) is 1.03. The minimum absolute atomic E-state index is 0.317. The number of rotatable bonds is 4. The summed E-state index contributed by atoms with van der Waals surface area (Å²) in [6.07, 6.45) is 6.38. The van der Waals surface area contributed by atoms with Gasteiger partial charge in [0.05, 0.1) is 6.04 Å². The van der Waals surface area contributed by atoms with Crippen molar-refractivity contribution in [1.82, 2.24) is 15.3 Å². The monoisotopic (exact) mass is 193 g/mol. The lowest BCUT2D eigenvalue weighted by Crippen LogP contribution is -2.35. The summed E-state index contributed by atoms with van der Waals surface area (Å²) in [5.41, 5.74) is 0.529. The molecule has 1 heterocycles. The van der Waals surface area contributed by atoms with E-state index < -0.39 is 0 Å². The van der Waals surface area contributed by atoms with Crippen molar-refractivity contribution in [3.63, 3.8) is 0 Å². The molecule has 2 rings (SSSR count). The van der Waals surface area contributed by atoms with Crippen LogP contribution >= 0.6 is 0 Å². The maximum absolute atomic E-state index is 4.25. The Labute approximate surface area is 85.3 Å². The molecular weight excluding hydrogens is 174 g/mol. The Morgan fingerprint density at radius 3 is 2.71 bits per heavy atom. The van der Waals surface area contributed by atoms with E-state index in [1.807, 2.05) is 6.20 Å². The second kappa shape index (κ2) is 3.39. The highest BCUT2D eigenvalue weighted by Gasteiger charge is 2.42. The second-order valence-corrected chi connectivity index (χ2v) is 4.74. The summed E-state index contributed by atoms with van der Waals surface area (Å²) in [6.45, 7) is 6.77. The molecule has 0 amide bonds. The molecule has 2 N–H and O–H groups in total. The van der Waals surface area contributed by atoms with Gasteiger partial charge in [0.1, 0.15) is 5.82 Å². The third-order valence-corrected chi connectivity index (χ3v) is 3.51. The van der Waals surface area contributed by atoms with Crippen molar-refractivity contribution in [3.05, 3.63) is 18.2 Å². The molecule has 1 aromatic heterocycles. The lowest BCUT2D eigenvalue weighted by Gasteiger charge is -2.23. The third kappa shape index (κ3) is 1.82. The number of hydrogen-bond donors (Lipinski definition) is 2. The van der Waals surface area contributed by atoms with Crippen LogP contribution in [0.1, 0.15) is 45.5 Å². The third-order valence-electron chi connectivity index (χ3n) is 3.51. The van der Waals surface area contributed by atoms with E-state index in [0.717, 1.165) is 5.82 Å². The fraction of sp³-hybridized carbons (Fsp3) is 0.727. The van der Waals surface area contributed by atoms with Gasteiger partial charge in [-0.15, -0.1) is 0 Å². The first-order valence-corrected chi connectivity index (χ1v) is 5.37. The van der Waals surface area contributed by atoms with Crippen LogP contribution in [0.25, 0.3) is 0 Å². The zero-order chi connectivity index (χ0) is 10.2. The average molecular weight is 193 g/mol. The van der Waals surface area contributed by atoms with Crippen LogP contribution in [0.2, 0.25) is 0 Å². The Morgan fingerprint density at radius 2 is 2.21 bits per heavy atom. The van der Waals surface area contributed by atoms with Gasteiger partial charge < -0.3 is 10.3 Å². The molecule has 78 valence electrons. The number of aromatic nitrogens is 2. The lowest BCUT2D eigenvalue weighted by molar-refractivity contribution is 0.345. The molecule has 0 spiro atoms. The number of imidazole rings is 1. The van der Waals surface area contributed by atoms with E-state index in [0.29, 0.717) is 17.5 Å². The first-order chi connectivity index (χ1) is 6.62. The van der Waals surface area contributed by atoms with Gasteiger partial charge in [0.15, 0.2) is 0 Å². The predicted molar refractivity (Wildman–Crippen MR) is 56.9 cm³/mol. The van der Waals surface area contributed by atoms with E-state index in [1.165, 1.54) is 12.8 Å². The molecule has 0 bridgehead atoms. The van der Waals surface area contributed by atoms with Crippen molar-refractivity contribution in [1.29, 1.82) is 0 Å². The van der Waals surface area contributed by atoms with Crippen LogP contribution < -0.4 is 5.32 Å². The van der Waals surface area contributed by atoms with Crippen LogP contribution in [0, 0.1) is 5.41 Å². The molecule has 1 aromatic rings. The highest BCUT2D eigenvalue weighted by molar-refractivity contribution is 5.00. The van der Waals surface area contributed by atoms with Crippen LogP contribution in [0.4, 0.5) is 0 Å². The molecular formula is C11H19N3. The van der Waals surface area contributed by atoms with E-state index in [9.17, 15) is 0 Å². The highest BCUT2D eigenvalue weighted by Crippen LogP contribution is 2.48. The van der Waals surface area contributed by atoms with E-state index >= 15 is 0 Å². The maximum atomic E-state index is 4.25. The topological polar surface area (TPSA) is 40.7 Å². The summed E-state index contributed by atoms with van der Waals surface area (Å²) in [6, 6.07) is 0.889. The van der Waals surface area contributed by atoms with Crippen molar-refractivity contribution in [2.24, 2.45) is 5.41 Å². The van der Waals surface area contributed by atoms with Gasteiger partial charge in [0.2, 0.25) is 0 Å². The normalized spacial score (nSPS) is 23.1. The SMILES string of the molecule is CC(NC(C)C1(C)CC1)c1ncc[nH]1. The number of nitrogens with zero attached hydrogens (tertiary/aromatic N) is 1. The molecule has 1 aliphatic carbocycles. The van der Waals surface area contributed by atoms with Crippen LogP contribution in [-0.4, -0.2) is 16.0 Å². The molecule has 1 fully saturated rings. The van der Waals surface area contributed by atoms with Crippen molar-refractivity contribution < 1.29 is 0 Å². The lowest BCUT2D eigenvalue weighted by atomic mass is 10.00. The number of H-pyrrole nitrogens is 1. The predicted octanol–water partition coefficient (Wildman–Crippen LogP) is 2.25. The quantitative estimate of drug-likeness (QED) is 0.770. The summed E-state index contributed by atoms with van der Waals surface area (Å²) in [7, 11) is 0. The van der Waals surface area contributed by atoms with E-state index in [1.54, 1.807) is 6.20 Å². The molecule has 3 nitrogen and oxygen atoms in total. The van der Waals surface area contributed by atoms with Gasteiger partial charge in [-0.2, -0.15) is 0 Å². The summed E-state index contributed by atoms with van der Waals surface area (Å²) >= 11 is 0. The summed E-state index contributed by atoms with van der Waals surface area (Å²) < 4.78 is 0. The Morgan fingerprint density at radius 1 is 1.50 bits per heavy atom. The van der Waals surface area contributed by atoms with Crippen LogP contribution in [0.3, 0.4) is 0 Å². The molecule has 0 aliphatic heterocycles. The van der Waals surface area contributed by atoms with Gasteiger partial charge in [-0.05, 0) is 32.1 Å². The zero-order valence-corrected chi connectivity index (χ0v) is 9.17. The Hall–Kier alpha value is -0.830. The molecule has 0 saturated heterocycles. The molecule has 2 unspecified atom stereocenters. The standard InChI is InChI=1S/C11H19N3/c1-8(10-12-6-7-13-10)14-9(2)11(3)4-5-11/h6-9,14H,4-5H2,1-3H3,(H,12,13). The van der Waals surface area contributed by atoms with Crippen LogP contribution in [-0.2, 0) is 0 Å². The molecule has 2 atom stereocenters. The number of aromatic amines is 1. The van der Waals surface area contributed by atoms with Crippen molar-refractivity contribution in [2.45, 2.75) is 45.7 Å². The largest absolute Gasteiger partial charge is 0.347 e. The van der Waals surface area contributed by atoms with Crippen LogP contribution in [0.15, 0.2) is 12.4 Å². The minimum atomic E-state index is 0.317. The molecule has 14 heavy (non-hydrogen) atoms. The second-order valence-electron chi connectivity index (χ2n) is 4.74. The number of nitrogens with one attached hydrogen (secondary N) is 2. The van der Waals surface area contributed by atoms with E-state index in [4.69, 9.17) is 0 Å². The van der Waals surface area contributed by atoms with Gasteiger partial charge in [0, 0.05) is 18.4 Å². The van der Waals surface area contributed by atoms with Crippen molar-refractivity contribution in [2.75, 3.05) is 0 Å². The average Bonchev–Trinajstić information content (AvgIpc) is 2.71. The van der Waals surface area contributed by atoms with Crippen molar-refractivity contribution in [3.8, 4) is 0 Å². The molecule has 1 saturated carbocycles. The summed E-state index contributed by atoms with van der Waals surface area (Å²) in [4.78, 5) is 7.39. The fourth-order valence-corrected chi connectivity index (χ4v) is 1.80. The molecule has 1 aliphatic rings. The number of hydrogen-bond acceptors (Lipinski definition) is 2. The van der Waals surface area contributed by atoms with Gasteiger partial charge in [-0.25, -0.2) is 4.98 Å². The van der Waals surface area contributed by atoms with E-state index in [-0.39, 0.29) is 0 Å². The van der Waals surface area contributed by atoms with E-state index in [2.05, 4.69) is 36.1 Å². The molecule has 0 aromatic carbocycles. The van der Waals surface area contributed by atoms with Gasteiger partial charge in [-0.3, -0.25) is 0 Å². The zero-order valence-electron chi connectivity index (χ0n) is 9.17. The van der Waals surface area contributed by atoms with Gasteiger partial charge in [-0.1, -0.05) is 6.92 Å². The van der Waals surface area contributed by atoms with Gasteiger partial charge in [0.25, 0.3) is 0 Å². The summed E-state index contributed by atoms with van der Waals surface area (Å²) in [5, 5.41) is 3.59. The van der Waals surface area contributed by atoms with Crippen molar-refractivity contribution >= 4 is 0 Å². The molecule has 3 heteroatoms. The van der Waals surface area contributed by atoms with Gasteiger partial charge >= 0.3 is 0 Å². The minimum Gasteiger partial charge on any atom is -0.347 e. The first-order valence-electron chi connectivity index (χ1n) is 5.37. The highest BCUT2D eigenvalue weighted by atomic mass is 15.0. The fourth-order valence-electron chi connectivity index (χ4n) is 1.80. The maximum Gasteiger partial charge on any atom is 0.122 e.